The first-order valence-corrected chi connectivity index (χ1v) is 8.50. The molecule has 2 fully saturated rings. The van der Waals surface area contributed by atoms with Gasteiger partial charge in [0.1, 0.15) is 6.04 Å². The molecule has 0 aromatic rings. The lowest BCUT2D eigenvalue weighted by atomic mass is 9.76. The summed E-state index contributed by atoms with van der Waals surface area (Å²) in [5.74, 6) is 1.66. The van der Waals surface area contributed by atoms with Crippen molar-refractivity contribution >= 4 is 11.8 Å². The highest BCUT2D eigenvalue weighted by Crippen LogP contribution is 2.34. The van der Waals surface area contributed by atoms with E-state index in [1.165, 1.54) is 19.3 Å². The third kappa shape index (κ3) is 3.78. The van der Waals surface area contributed by atoms with Crippen molar-refractivity contribution in [2.75, 3.05) is 6.54 Å². The summed E-state index contributed by atoms with van der Waals surface area (Å²) < 4.78 is 0. The van der Waals surface area contributed by atoms with E-state index in [0.717, 1.165) is 12.8 Å². The largest absolute Gasteiger partial charge is 0.343 e. The Kier molecular flexibility index (Phi) is 5.28. The predicted octanol–water partition coefficient (Wildman–Crippen LogP) is 2.57. The molecule has 1 saturated heterocycles. The summed E-state index contributed by atoms with van der Waals surface area (Å²) in [7, 11) is 0. The van der Waals surface area contributed by atoms with Gasteiger partial charge < -0.3 is 10.2 Å². The molecular weight excluding hydrogens is 264 g/mol. The van der Waals surface area contributed by atoms with Gasteiger partial charge in [0.2, 0.25) is 11.8 Å². The monoisotopic (exact) mass is 294 g/mol. The van der Waals surface area contributed by atoms with E-state index in [1.807, 2.05) is 4.90 Å². The zero-order valence-electron chi connectivity index (χ0n) is 13.9. The summed E-state index contributed by atoms with van der Waals surface area (Å²) in [4.78, 5) is 26.7. The molecule has 4 nitrogen and oxygen atoms in total. The van der Waals surface area contributed by atoms with Crippen LogP contribution >= 0.6 is 0 Å². The van der Waals surface area contributed by atoms with E-state index in [2.05, 4.69) is 33.0 Å². The Morgan fingerprint density at radius 1 is 1.14 bits per heavy atom. The Bertz CT molecular complexity index is 392. The predicted molar refractivity (Wildman–Crippen MR) is 83.7 cm³/mol. The molecule has 2 amide bonds. The Morgan fingerprint density at radius 3 is 2.43 bits per heavy atom. The lowest BCUT2D eigenvalue weighted by Gasteiger charge is -2.45. The number of rotatable bonds is 4. The standard InChI is InChI=1S/C17H30N2O2/c1-11(2)9-14-17(21)19(10-16(20)18-14)15-8-6-5-7-13(15)12(3)4/h11-15H,5-10H2,1-4H3,(H,18,20). The van der Waals surface area contributed by atoms with Crippen molar-refractivity contribution in [3.8, 4) is 0 Å². The summed E-state index contributed by atoms with van der Waals surface area (Å²) in [6.07, 6.45) is 5.40. The molecule has 0 radical (unpaired) electrons. The van der Waals surface area contributed by atoms with Gasteiger partial charge in [-0.3, -0.25) is 9.59 Å². The van der Waals surface area contributed by atoms with Crippen LogP contribution in [0.15, 0.2) is 0 Å². The van der Waals surface area contributed by atoms with E-state index >= 15 is 0 Å². The number of nitrogens with one attached hydrogen (secondary N) is 1. The summed E-state index contributed by atoms with van der Waals surface area (Å²) in [6.45, 7) is 8.92. The Hall–Kier alpha value is -1.06. The van der Waals surface area contributed by atoms with Crippen molar-refractivity contribution in [1.82, 2.24) is 10.2 Å². The van der Waals surface area contributed by atoms with Crippen LogP contribution in [0.25, 0.3) is 0 Å². The van der Waals surface area contributed by atoms with Gasteiger partial charge in [-0.2, -0.15) is 0 Å². The van der Waals surface area contributed by atoms with Gasteiger partial charge in [-0.25, -0.2) is 0 Å². The molecule has 120 valence electrons. The lowest BCUT2D eigenvalue weighted by Crippen LogP contribution is -2.62. The minimum atomic E-state index is -0.319. The first-order valence-electron chi connectivity index (χ1n) is 8.50. The van der Waals surface area contributed by atoms with Crippen LogP contribution in [0.5, 0.6) is 0 Å². The molecule has 1 heterocycles. The van der Waals surface area contributed by atoms with E-state index < -0.39 is 0 Å². The smallest absolute Gasteiger partial charge is 0.245 e. The van der Waals surface area contributed by atoms with Crippen LogP contribution in [-0.4, -0.2) is 35.3 Å². The molecule has 1 aliphatic carbocycles. The molecule has 1 aliphatic heterocycles. The molecule has 0 bridgehead atoms. The number of hydrogen-bond acceptors (Lipinski definition) is 2. The maximum Gasteiger partial charge on any atom is 0.245 e. The molecular formula is C17H30N2O2. The summed E-state index contributed by atoms with van der Waals surface area (Å²) in [5, 5.41) is 2.88. The minimum absolute atomic E-state index is 0.00771. The summed E-state index contributed by atoms with van der Waals surface area (Å²) in [6, 6.07) is -0.0621. The van der Waals surface area contributed by atoms with E-state index in [1.54, 1.807) is 0 Å². The van der Waals surface area contributed by atoms with Crippen LogP contribution in [0.1, 0.15) is 59.8 Å². The maximum absolute atomic E-state index is 12.8. The van der Waals surface area contributed by atoms with Gasteiger partial charge >= 0.3 is 0 Å². The van der Waals surface area contributed by atoms with Crippen molar-refractivity contribution in [3.63, 3.8) is 0 Å². The average Bonchev–Trinajstić information content (AvgIpc) is 2.42. The number of nitrogens with zero attached hydrogens (tertiary/aromatic N) is 1. The Balaban J connectivity index is 2.15. The Morgan fingerprint density at radius 2 is 1.81 bits per heavy atom. The van der Waals surface area contributed by atoms with Gasteiger partial charge in [0.15, 0.2) is 0 Å². The van der Waals surface area contributed by atoms with Crippen LogP contribution in [-0.2, 0) is 9.59 Å². The summed E-state index contributed by atoms with van der Waals surface area (Å²) >= 11 is 0. The maximum atomic E-state index is 12.8. The van der Waals surface area contributed by atoms with Gasteiger partial charge in [0.25, 0.3) is 0 Å². The number of carbonyl (C=O) groups excluding carboxylic acids is 2. The number of hydrogen-bond donors (Lipinski definition) is 1. The van der Waals surface area contributed by atoms with Crippen molar-refractivity contribution in [2.45, 2.75) is 71.9 Å². The van der Waals surface area contributed by atoms with Crippen LogP contribution in [0, 0.1) is 17.8 Å². The fourth-order valence-electron chi connectivity index (χ4n) is 3.95. The molecule has 2 aliphatic rings. The fraction of sp³-hybridized carbons (Fsp3) is 0.882. The van der Waals surface area contributed by atoms with Crippen molar-refractivity contribution in [3.05, 3.63) is 0 Å². The van der Waals surface area contributed by atoms with Gasteiger partial charge in [-0.15, -0.1) is 0 Å². The van der Waals surface area contributed by atoms with Crippen LogP contribution in [0.4, 0.5) is 0 Å². The lowest BCUT2D eigenvalue weighted by molar-refractivity contribution is -0.149. The molecule has 3 unspecified atom stereocenters. The van der Waals surface area contributed by atoms with Gasteiger partial charge in [-0.1, -0.05) is 40.5 Å². The average molecular weight is 294 g/mol. The molecule has 3 atom stereocenters. The van der Waals surface area contributed by atoms with Gasteiger partial charge in [0.05, 0.1) is 6.54 Å². The second-order valence-corrected chi connectivity index (χ2v) is 7.48. The number of piperazine rings is 1. The first-order chi connectivity index (χ1) is 9.90. The highest BCUT2D eigenvalue weighted by molar-refractivity contribution is 5.95. The first kappa shape index (κ1) is 16.3. The van der Waals surface area contributed by atoms with Crippen LogP contribution in [0.3, 0.4) is 0 Å². The second kappa shape index (κ2) is 6.80. The second-order valence-electron chi connectivity index (χ2n) is 7.48. The highest BCUT2D eigenvalue weighted by Gasteiger charge is 2.40. The zero-order chi connectivity index (χ0) is 15.6. The quantitative estimate of drug-likeness (QED) is 0.866. The molecule has 4 heteroatoms. The fourth-order valence-corrected chi connectivity index (χ4v) is 3.95. The van der Waals surface area contributed by atoms with E-state index in [0.29, 0.717) is 17.8 Å². The minimum Gasteiger partial charge on any atom is -0.343 e. The number of amides is 2. The van der Waals surface area contributed by atoms with Crippen molar-refractivity contribution in [1.29, 1.82) is 0 Å². The van der Waals surface area contributed by atoms with Crippen molar-refractivity contribution in [2.24, 2.45) is 17.8 Å². The highest BCUT2D eigenvalue weighted by atomic mass is 16.2. The number of carbonyl (C=O) groups is 2. The topological polar surface area (TPSA) is 49.4 Å². The molecule has 1 N–H and O–H groups in total. The molecule has 0 spiro atoms. The molecule has 2 rings (SSSR count). The molecule has 0 aromatic carbocycles. The zero-order valence-corrected chi connectivity index (χ0v) is 13.9. The molecule has 1 saturated carbocycles. The Labute approximate surface area is 128 Å². The summed E-state index contributed by atoms with van der Waals surface area (Å²) in [5.41, 5.74) is 0. The van der Waals surface area contributed by atoms with E-state index in [9.17, 15) is 9.59 Å². The normalized spacial score (nSPS) is 31.0. The van der Waals surface area contributed by atoms with Crippen molar-refractivity contribution < 1.29 is 9.59 Å². The van der Waals surface area contributed by atoms with Crippen LogP contribution < -0.4 is 5.32 Å². The SMILES string of the molecule is CC(C)CC1NC(=O)CN(C2CCCCC2C(C)C)C1=O. The van der Waals surface area contributed by atoms with E-state index in [-0.39, 0.29) is 30.4 Å². The van der Waals surface area contributed by atoms with Gasteiger partial charge in [0, 0.05) is 6.04 Å². The van der Waals surface area contributed by atoms with Gasteiger partial charge in [-0.05, 0) is 37.0 Å². The molecule has 21 heavy (non-hydrogen) atoms. The third-order valence-electron chi connectivity index (χ3n) is 4.98. The third-order valence-corrected chi connectivity index (χ3v) is 4.98. The molecule has 0 aromatic heterocycles. The van der Waals surface area contributed by atoms with Crippen LogP contribution in [0.2, 0.25) is 0 Å². The van der Waals surface area contributed by atoms with E-state index in [4.69, 9.17) is 0 Å².